The third-order valence-electron chi connectivity index (χ3n) is 4.53. The van der Waals surface area contributed by atoms with Crippen LogP contribution in [0.5, 0.6) is 0 Å². The van der Waals surface area contributed by atoms with E-state index in [1.54, 1.807) is 23.2 Å². The zero-order chi connectivity index (χ0) is 21.1. The normalized spacial score (nSPS) is 11.0. The lowest BCUT2D eigenvalue weighted by Gasteiger charge is -2.10. The van der Waals surface area contributed by atoms with E-state index in [9.17, 15) is 4.79 Å². The minimum Gasteiger partial charge on any atom is -0.469 e. The smallest absolute Gasteiger partial charge is 0.235 e. The van der Waals surface area contributed by atoms with Crippen LogP contribution in [0.3, 0.4) is 0 Å². The number of aromatic nitrogens is 5. The quantitative estimate of drug-likeness (QED) is 0.435. The van der Waals surface area contributed by atoms with Crippen LogP contribution in [-0.4, -0.2) is 36.2 Å². The van der Waals surface area contributed by atoms with Crippen LogP contribution in [-0.2, 0) is 18.4 Å². The molecule has 8 nitrogen and oxygen atoms in total. The second-order valence-electron chi connectivity index (χ2n) is 6.56. The first kappa shape index (κ1) is 20.2. The lowest BCUT2D eigenvalue weighted by Crippen LogP contribution is -2.18. The second kappa shape index (κ2) is 8.76. The van der Waals surface area contributed by atoms with Gasteiger partial charge >= 0.3 is 0 Å². The number of hydrogen-bond donors (Lipinski definition) is 1. The summed E-state index contributed by atoms with van der Waals surface area (Å²) in [6.45, 7) is 2.34. The van der Waals surface area contributed by atoms with Gasteiger partial charge in [-0.15, -0.1) is 10.2 Å². The molecule has 3 heterocycles. The molecule has 0 bridgehead atoms. The predicted octanol–water partition coefficient (Wildman–Crippen LogP) is 4.01. The fraction of sp³-hybridized carbons (Fsp3) is 0.200. The molecule has 0 radical (unpaired) electrons. The molecule has 0 spiro atoms. The lowest BCUT2D eigenvalue weighted by molar-refractivity contribution is -0.113. The van der Waals surface area contributed by atoms with Crippen molar-refractivity contribution in [3.8, 4) is 11.4 Å². The molecule has 0 fully saturated rings. The van der Waals surface area contributed by atoms with E-state index < -0.39 is 0 Å². The van der Waals surface area contributed by atoms with Crippen molar-refractivity contribution in [3.05, 3.63) is 65.2 Å². The van der Waals surface area contributed by atoms with Crippen molar-refractivity contribution >= 4 is 35.1 Å². The van der Waals surface area contributed by atoms with Gasteiger partial charge in [0.05, 0.1) is 30.3 Å². The third-order valence-corrected chi connectivity index (χ3v) is 5.92. The average Bonchev–Trinajstić information content (AvgIpc) is 3.43. The SMILES string of the molecule is Cc1occc1-c1nnc(SCC(=O)Nc2ccnn2Cc2ccccc2Cl)n1C. The van der Waals surface area contributed by atoms with Gasteiger partial charge in [-0.2, -0.15) is 5.10 Å². The van der Waals surface area contributed by atoms with Gasteiger partial charge in [0, 0.05) is 18.1 Å². The molecule has 1 N–H and O–H groups in total. The molecule has 10 heteroatoms. The van der Waals surface area contributed by atoms with Crippen LogP contribution in [0.2, 0.25) is 5.02 Å². The Morgan fingerprint density at radius 2 is 2.07 bits per heavy atom. The van der Waals surface area contributed by atoms with Gasteiger partial charge in [0.25, 0.3) is 0 Å². The molecular weight excluding hydrogens is 424 g/mol. The van der Waals surface area contributed by atoms with E-state index in [0.717, 1.165) is 16.9 Å². The van der Waals surface area contributed by atoms with Crippen molar-refractivity contribution in [2.24, 2.45) is 7.05 Å². The van der Waals surface area contributed by atoms with E-state index in [-0.39, 0.29) is 11.7 Å². The third kappa shape index (κ3) is 4.27. The highest BCUT2D eigenvalue weighted by Gasteiger charge is 2.16. The van der Waals surface area contributed by atoms with Crippen LogP contribution >= 0.6 is 23.4 Å². The highest BCUT2D eigenvalue weighted by atomic mass is 35.5. The molecule has 0 aliphatic carbocycles. The van der Waals surface area contributed by atoms with Gasteiger partial charge in [0.1, 0.15) is 11.6 Å². The van der Waals surface area contributed by atoms with Gasteiger partial charge in [-0.05, 0) is 24.6 Å². The number of thioether (sulfide) groups is 1. The van der Waals surface area contributed by atoms with Crippen molar-refractivity contribution in [1.29, 1.82) is 0 Å². The number of aryl methyl sites for hydroxylation is 1. The van der Waals surface area contributed by atoms with Crippen molar-refractivity contribution in [2.45, 2.75) is 18.6 Å². The number of nitrogens with one attached hydrogen (secondary N) is 1. The van der Waals surface area contributed by atoms with E-state index >= 15 is 0 Å². The molecule has 1 amide bonds. The molecule has 30 heavy (non-hydrogen) atoms. The molecule has 1 aromatic carbocycles. The Kier molecular flexibility index (Phi) is 5.91. The summed E-state index contributed by atoms with van der Waals surface area (Å²) in [6.07, 6.45) is 3.26. The van der Waals surface area contributed by atoms with Gasteiger partial charge < -0.3 is 14.3 Å². The van der Waals surface area contributed by atoms with Crippen molar-refractivity contribution in [3.63, 3.8) is 0 Å². The number of benzene rings is 1. The molecular formula is C20H19ClN6O2S. The van der Waals surface area contributed by atoms with Crippen LogP contribution in [0.1, 0.15) is 11.3 Å². The summed E-state index contributed by atoms with van der Waals surface area (Å²) in [6, 6.07) is 11.1. The number of carbonyl (C=O) groups excluding carboxylic acids is 1. The molecule has 0 aliphatic heterocycles. The first-order valence-corrected chi connectivity index (χ1v) is 10.5. The maximum absolute atomic E-state index is 12.5. The van der Waals surface area contributed by atoms with Crippen molar-refractivity contribution < 1.29 is 9.21 Å². The van der Waals surface area contributed by atoms with E-state index in [4.69, 9.17) is 16.0 Å². The molecule has 0 saturated carbocycles. The highest BCUT2D eigenvalue weighted by Crippen LogP contribution is 2.26. The summed E-state index contributed by atoms with van der Waals surface area (Å²) >= 11 is 7.54. The van der Waals surface area contributed by atoms with E-state index in [1.807, 2.05) is 48.9 Å². The molecule has 0 unspecified atom stereocenters. The summed E-state index contributed by atoms with van der Waals surface area (Å²) < 4.78 is 8.88. The molecule has 0 saturated heterocycles. The lowest BCUT2D eigenvalue weighted by atomic mass is 10.2. The number of carbonyl (C=O) groups is 1. The number of hydrogen-bond acceptors (Lipinski definition) is 6. The summed E-state index contributed by atoms with van der Waals surface area (Å²) in [7, 11) is 1.86. The van der Waals surface area contributed by atoms with Gasteiger partial charge in [-0.1, -0.05) is 41.6 Å². The van der Waals surface area contributed by atoms with E-state index in [1.165, 1.54) is 11.8 Å². The Balaban J connectivity index is 1.39. The fourth-order valence-corrected chi connectivity index (χ4v) is 3.86. The topological polar surface area (TPSA) is 90.8 Å². The monoisotopic (exact) mass is 442 g/mol. The van der Waals surface area contributed by atoms with E-state index in [2.05, 4.69) is 20.6 Å². The Bertz CT molecular complexity index is 1180. The minimum absolute atomic E-state index is 0.162. The second-order valence-corrected chi connectivity index (χ2v) is 7.91. The highest BCUT2D eigenvalue weighted by molar-refractivity contribution is 7.99. The number of halogens is 1. The Hall–Kier alpha value is -3.04. The summed E-state index contributed by atoms with van der Waals surface area (Å²) in [4.78, 5) is 12.5. The fourth-order valence-electron chi connectivity index (χ4n) is 2.95. The number of anilines is 1. The standard InChI is InChI=1S/C20H19ClN6O2S/c1-13-15(8-10-29-13)19-24-25-20(26(19)2)30-12-18(28)23-17-7-9-22-27(17)11-14-5-3-4-6-16(14)21/h3-10H,11-12H2,1-2H3,(H,23,28). The molecule has 0 aliphatic rings. The summed E-state index contributed by atoms with van der Waals surface area (Å²) in [5, 5.41) is 16.9. The zero-order valence-corrected chi connectivity index (χ0v) is 17.9. The minimum atomic E-state index is -0.162. The summed E-state index contributed by atoms with van der Waals surface area (Å²) in [5.41, 5.74) is 1.80. The van der Waals surface area contributed by atoms with Crippen LogP contribution in [0.4, 0.5) is 5.82 Å². The van der Waals surface area contributed by atoms with Gasteiger partial charge in [0.15, 0.2) is 11.0 Å². The largest absolute Gasteiger partial charge is 0.469 e. The van der Waals surface area contributed by atoms with Gasteiger partial charge in [0.2, 0.25) is 5.91 Å². The maximum Gasteiger partial charge on any atom is 0.235 e. The maximum atomic E-state index is 12.5. The van der Waals surface area contributed by atoms with Crippen LogP contribution in [0.25, 0.3) is 11.4 Å². The van der Waals surface area contributed by atoms with Crippen molar-refractivity contribution in [1.82, 2.24) is 24.5 Å². The first-order chi connectivity index (χ1) is 14.5. The molecule has 4 rings (SSSR count). The zero-order valence-electron chi connectivity index (χ0n) is 16.4. The Morgan fingerprint density at radius 1 is 1.23 bits per heavy atom. The van der Waals surface area contributed by atoms with E-state index in [0.29, 0.717) is 28.4 Å². The van der Waals surface area contributed by atoms with Crippen LogP contribution in [0.15, 0.2) is 58.4 Å². The molecule has 154 valence electrons. The average molecular weight is 443 g/mol. The van der Waals surface area contributed by atoms with Gasteiger partial charge in [-0.25, -0.2) is 4.68 Å². The van der Waals surface area contributed by atoms with Crippen molar-refractivity contribution in [2.75, 3.05) is 11.1 Å². The predicted molar refractivity (Wildman–Crippen MR) is 116 cm³/mol. The molecule has 3 aromatic heterocycles. The molecule has 4 aromatic rings. The van der Waals surface area contributed by atoms with Crippen LogP contribution in [0, 0.1) is 6.92 Å². The van der Waals surface area contributed by atoms with Gasteiger partial charge in [-0.3, -0.25) is 4.79 Å². The number of rotatable bonds is 7. The molecule has 0 atom stereocenters. The number of nitrogens with zero attached hydrogens (tertiary/aromatic N) is 5. The number of furan rings is 1. The Morgan fingerprint density at radius 3 is 2.83 bits per heavy atom. The summed E-state index contributed by atoms with van der Waals surface area (Å²) in [5.74, 6) is 2.10. The number of amides is 1. The van der Waals surface area contributed by atoms with Crippen LogP contribution < -0.4 is 5.32 Å². The Labute approximate surface area is 182 Å². The first-order valence-electron chi connectivity index (χ1n) is 9.14.